The van der Waals surface area contributed by atoms with Crippen molar-refractivity contribution in [2.45, 2.75) is 56.6 Å². The smallest absolute Gasteiger partial charge is 0.437 e. The van der Waals surface area contributed by atoms with E-state index in [0.29, 0.717) is 16.2 Å². The molecule has 1 saturated carbocycles. The van der Waals surface area contributed by atoms with E-state index in [1.165, 1.54) is 7.11 Å². The molecule has 0 spiro atoms. The van der Waals surface area contributed by atoms with Gasteiger partial charge in [0.05, 0.1) is 12.7 Å². The van der Waals surface area contributed by atoms with Gasteiger partial charge in [0.1, 0.15) is 11.2 Å². The van der Waals surface area contributed by atoms with Gasteiger partial charge in [0.25, 0.3) is 0 Å². The number of halogens is 2. The van der Waals surface area contributed by atoms with Gasteiger partial charge in [-0.25, -0.2) is 4.79 Å². The summed E-state index contributed by atoms with van der Waals surface area (Å²) in [6.45, 7) is 6.97. The van der Waals surface area contributed by atoms with E-state index < -0.39 is 17.4 Å². The van der Waals surface area contributed by atoms with Crippen LogP contribution in [0, 0.1) is 0 Å². The van der Waals surface area contributed by atoms with Gasteiger partial charge < -0.3 is 14.2 Å². The Balaban J connectivity index is 1.99. The molecule has 0 radical (unpaired) electrons. The lowest BCUT2D eigenvalue weighted by molar-refractivity contribution is -0.158. The third-order valence-corrected chi connectivity index (χ3v) is 6.76. The van der Waals surface area contributed by atoms with Gasteiger partial charge in [-0.05, 0) is 74.6 Å². The molecular formula is C26H26Cl2O5. The summed E-state index contributed by atoms with van der Waals surface area (Å²) >= 11 is 12.5. The van der Waals surface area contributed by atoms with Crippen molar-refractivity contribution in [1.82, 2.24) is 0 Å². The fourth-order valence-electron chi connectivity index (χ4n) is 4.38. The topological polar surface area (TPSA) is 61.8 Å². The molecule has 2 atom stereocenters. The van der Waals surface area contributed by atoms with Crippen LogP contribution in [0.2, 0.25) is 5.02 Å². The summed E-state index contributed by atoms with van der Waals surface area (Å²) in [5, 5.41) is 0.629. The minimum Gasteiger partial charge on any atom is -0.437 e. The predicted octanol–water partition coefficient (Wildman–Crippen LogP) is 6.75. The van der Waals surface area contributed by atoms with Crippen LogP contribution in [-0.2, 0) is 19.0 Å². The maximum Gasteiger partial charge on any atom is 0.513 e. The van der Waals surface area contributed by atoms with Gasteiger partial charge in [-0.3, -0.25) is 4.79 Å². The number of carbonyl (C=O) groups excluding carboxylic acids is 2. The fraction of sp³-hybridized carbons (Fsp3) is 0.385. The molecule has 1 aliphatic heterocycles. The molecule has 0 bridgehead atoms. The van der Waals surface area contributed by atoms with E-state index in [0.717, 1.165) is 23.1 Å². The lowest BCUT2D eigenvalue weighted by atomic mass is 9.80. The number of hydrogen-bond acceptors (Lipinski definition) is 5. The average molecular weight is 489 g/mol. The van der Waals surface area contributed by atoms with Crippen LogP contribution in [-0.4, -0.2) is 35.6 Å². The van der Waals surface area contributed by atoms with E-state index in [9.17, 15) is 9.59 Å². The first-order valence-corrected chi connectivity index (χ1v) is 11.6. The molecule has 2 aromatic rings. The van der Waals surface area contributed by atoms with Crippen LogP contribution >= 0.6 is 23.2 Å². The highest BCUT2D eigenvalue weighted by atomic mass is 35.5. The van der Waals surface area contributed by atoms with Crippen LogP contribution in [0.5, 0.6) is 0 Å². The first-order chi connectivity index (χ1) is 15.4. The fourth-order valence-corrected chi connectivity index (χ4v) is 4.84. The normalized spacial score (nSPS) is 23.3. The second kappa shape index (κ2) is 8.46. The molecule has 0 saturated heterocycles. The van der Waals surface area contributed by atoms with Gasteiger partial charge in [0.2, 0.25) is 0 Å². The zero-order chi connectivity index (χ0) is 24.1. The molecule has 2 aromatic carbocycles. The van der Waals surface area contributed by atoms with Crippen LogP contribution in [0.4, 0.5) is 4.79 Å². The highest BCUT2D eigenvalue weighted by Crippen LogP contribution is 2.51. The SMILES string of the molecule is COC(=O)OC1=C(c2cc(-c3ccc(Cl)cc3)ccc2C2CC2Cl)C(=O)C(C)(C)OC1(C)C. The van der Waals surface area contributed by atoms with Gasteiger partial charge in [-0.2, -0.15) is 0 Å². The Labute approximate surface area is 203 Å². The van der Waals surface area contributed by atoms with Crippen molar-refractivity contribution in [2.24, 2.45) is 0 Å². The molecule has 33 heavy (non-hydrogen) atoms. The summed E-state index contributed by atoms with van der Waals surface area (Å²) in [4.78, 5) is 25.9. The zero-order valence-electron chi connectivity index (χ0n) is 19.2. The second-order valence-corrected chi connectivity index (χ2v) is 10.4. The lowest BCUT2D eigenvalue weighted by Gasteiger charge is -2.42. The van der Waals surface area contributed by atoms with Gasteiger partial charge in [0.15, 0.2) is 11.5 Å². The van der Waals surface area contributed by atoms with Gasteiger partial charge in [0, 0.05) is 16.3 Å². The van der Waals surface area contributed by atoms with Crippen LogP contribution < -0.4 is 0 Å². The first-order valence-electron chi connectivity index (χ1n) is 10.7. The van der Waals surface area contributed by atoms with Gasteiger partial charge >= 0.3 is 6.16 Å². The number of hydrogen-bond donors (Lipinski definition) is 0. The Bertz CT molecular complexity index is 1150. The van der Waals surface area contributed by atoms with Gasteiger partial charge in [-0.15, -0.1) is 11.6 Å². The molecule has 1 fully saturated rings. The number of alkyl halides is 1. The van der Waals surface area contributed by atoms with Crippen molar-refractivity contribution in [1.29, 1.82) is 0 Å². The number of rotatable bonds is 4. The summed E-state index contributed by atoms with van der Waals surface area (Å²) in [6.07, 6.45) is -0.101. The maximum atomic E-state index is 13.7. The molecule has 1 heterocycles. The van der Waals surface area contributed by atoms with Crippen LogP contribution in [0.1, 0.15) is 51.2 Å². The van der Waals surface area contributed by atoms with Crippen molar-refractivity contribution < 1.29 is 23.8 Å². The average Bonchev–Trinajstić information content (AvgIpc) is 3.48. The molecule has 5 nitrogen and oxygen atoms in total. The van der Waals surface area contributed by atoms with E-state index in [1.54, 1.807) is 27.7 Å². The Kier molecular flexibility index (Phi) is 6.10. The quantitative estimate of drug-likeness (QED) is 0.351. The number of Topliss-reactive ketones (excluding diaryl/α,β-unsaturated/α-hetero) is 1. The van der Waals surface area contributed by atoms with Crippen LogP contribution in [0.3, 0.4) is 0 Å². The molecule has 0 aromatic heterocycles. The third-order valence-electron chi connectivity index (χ3n) is 6.02. The molecule has 0 amide bonds. The van der Waals surface area contributed by atoms with Crippen molar-refractivity contribution in [3.05, 3.63) is 64.4 Å². The highest BCUT2D eigenvalue weighted by molar-refractivity contribution is 6.30. The van der Waals surface area contributed by atoms with E-state index in [4.69, 9.17) is 37.4 Å². The highest BCUT2D eigenvalue weighted by Gasteiger charge is 2.50. The predicted molar refractivity (Wildman–Crippen MR) is 129 cm³/mol. The summed E-state index contributed by atoms with van der Waals surface area (Å²) in [6, 6.07) is 13.4. The number of methoxy groups -OCH3 is 1. The van der Waals surface area contributed by atoms with Crippen molar-refractivity contribution in [3.63, 3.8) is 0 Å². The van der Waals surface area contributed by atoms with E-state index in [1.807, 2.05) is 42.5 Å². The molecule has 174 valence electrons. The lowest BCUT2D eigenvalue weighted by Crippen LogP contribution is -2.50. The number of ether oxygens (including phenoxy) is 3. The van der Waals surface area contributed by atoms with E-state index in [2.05, 4.69) is 0 Å². The Morgan fingerprint density at radius 2 is 1.64 bits per heavy atom. The minimum atomic E-state index is -1.13. The largest absolute Gasteiger partial charge is 0.513 e. The zero-order valence-corrected chi connectivity index (χ0v) is 20.7. The standard InChI is InChI=1S/C26H26Cl2O5/c1-25(2)22(29)21(23(26(3,4)33-25)32-24(30)31-5)19-12-15(14-6-9-16(27)10-7-14)8-11-17(19)18-13-20(18)28/h6-12,18,20H,13H2,1-5H3. The Morgan fingerprint density at radius 1 is 1.03 bits per heavy atom. The molecule has 0 N–H and O–H groups in total. The third kappa shape index (κ3) is 4.54. The molecular weight excluding hydrogens is 463 g/mol. The van der Waals surface area contributed by atoms with E-state index in [-0.39, 0.29) is 22.8 Å². The number of benzene rings is 2. The first kappa shape index (κ1) is 23.8. The van der Waals surface area contributed by atoms with Crippen molar-refractivity contribution in [2.75, 3.05) is 7.11 Å². The Morgan fingerprint density at radius 3 is 2.21 bits per heavy atom. The van der Waals surface area contributed by atoms with E-state index >= 15 is 0 Å². The summed E-state index contributed by atoms with van der Waals surface area (Å²) in [5.41, 5.74) is 1.59. The number of ketones is 1. The number of carbonyl (C=O) groups is 2. The molecule has 1 aliphatic carbocycles. The summed E-state index contributed by atoms with van der Waals surface area (Å²) in [7, 11) is 1.22. The Hall–Kier alpha value is -2.34. The van der Waals surface area contributed by atoms with Crippen LogP contribution in [0.25, 0.3) is 16.7 Å². The summed E-state index contributed by atoms with van der Waals surface area (Å²) in [5.74, 6) is -0.0448. The second-order valence-electron chi connectivity index (χ2n) is 9.38. The van der Waals surface area contributed by atoms with Crippen molar-refractivity contribution in [3.8, 4) is 11.1 Å². The monoisotopic (exact) mass is 488 g/mol. The molecule has 2 unspecified atom stereocenters. The van der Waals surface area contributed by atoms with Gasteiger partial charge in [-0.1, -0.05) is 35.9 Å². The summed E-state index contributed by atoms with van der Waals surface area (Å²) < 4.78 is 16.4. The minimum absolute atomic E-state index is 0.00771. The molecule has 7 heteroatoms. The molecule has 4 rings (SSSR count). The van der Waals surface area contributed by atoms with Crippen molar-refractivity contribution >= 4 is 40.7 Å². The van der Waals surface area contributed by atoms with Crippen LogP contribution in [0.15, 0.2) is 48.2 Å². The molecule has 2 aliphatic rings. The maximum absolute atomic E-state index is 13.7.